The molecule has 0 atom stereocenters. The molecule has 0 radical (unpaired) electrons. The van der Waals surface area contributed by atoms with E-state index in [4.69, 9.17) is 22.7 Å². The van der Waals surface area contributed by atoms with Crippen molar-refractivity contribution in [1.82, 2.24) is 9.78 Å². The van der Waals surface area contributed by atoms with E-state index in [1.807, 2.05) is 0 Å². The highest BCUT2D eigenvalue weighted by molar-refractivity contribution is 6.30. The van der Waals surface area contributed by atoms with Crippen LogP contribution in [0.15, 0.2) is 35.1 Å². The van der Waals surface area contributed by atoms with Crippen molar-refractivity contribution in [3.63, 3.8) is 0 Å². The Morgan fingerprint density at radius 3 is 2.56 bits per heavy atom. The van der Waals surface area contributed by atoms with E-state index in [0.717, 1.165) is 5.56 Å². The number of nitrogens with one attached hydrogen (secondary N) is 1. The average molecular weight is 263 g/mol. The van der Waals surface area contributed by atoms with Gasteiger partial charge < -0.3 is 5.73 Å². The molecule has 1 aromatic heterocycles. The van der Waals surface area contributed by atoms with Crippen molar-refractivity contribution in [2.24, 2.45) is 12.8 Å². The first-order chi connectivity index (χ1) is 8.49. The Balaban J connectivity index is 2.62. The Kier molecular flexibility index (Phi) is 3.16. The molecule has 0 unspecified atom stereocenters. The molecule has 5 nitrogen and oxygen atoms in total. The smallest absolute Gasteiger partial charge is 0.277 e. The summed E-state index contributed by atoms with van der Waals surface area (Å²) in [4.78, 5) is 11.7. The van der Waals surface area contributed by atoms with Gasteiger partial charge in [0.2, 0.25) is 0 Å². The first kappa shape index (κ1) is 12.3. The van der Waals surface area contributed by atoms with Crippen LogP contribution in [0, 0.1) is 5.41 Å². The van der Waals surface area contributed by atoms with Crippen LogP contribution in [-0.2, 0) is 7.05 Å². The van der Waals surface area contributed by atoms with Gasteiger partial charge in [0.15, 0.2) is 0 Å². The van der Waals surface area contributed by atoms with Crippen LogP contribution in [0.5, 0.6) is 0 Å². The zero-order valence-electron chi connectivity index (χ0n) is 9.64. The van der Waals surface area contributed by atoms with Gasteiger partial charge in [0, 0.05) is 17.6 Å². The molecule has 0 bridgehead atoms. The number of hydrogen-bond donors (Lipinski definition) is 2. The third-order valence-corrected chi connectivity index (χ3v) is 2.75. The zero-order chi connectivity index (χ0) is 13.3. The van der Waals surface area contributed by atoms with Gasteiger partial charge in [0.1, 0.15) is 5.84 Å². The lowest BCUT2D eigenvalue weighted by Crippen LogP contribution is -2.29. The molecule has 0 aliphatic carbocycles. The molecule has 0 aliphatic rings. The summed E-state index contributed by atoms with van der Waals surface area (Å²) in [5.41, 5.74) is 6.50. The number of rotatable bonds is 2. The standard InChI is InChI=1S/C12H11ClN4O/c1-17-12(18)9(11(14)15)6-10(16-17)7-2-4-8(13)5-3-7/h2-6H,1H3,(H3,14,15). The van der Waals surface area contributed by atoms with Gasteiger partial charge in [-0.15, -0.1) is 0 Å². The maximum absolute atomic E-state index is 11.7. The van der Waals surface area contributed by atoms with Crippen molar-refractivity contribution in [3.8, 4) is 11.3 Å². The molecule has 0 saturated heterocycles. The van der Waals surface area contributed by atoms with Crippen LogP contribution >= 0.6 is 11.6 Å². The van der Waals surface area contributed by atoms with Crippen molar-refractivity contribution < 1.29 is 0 Å². The van der Waals surface area contributed by atoms with E-state index in [1.54, 1.807) is 24.3 Å². The second-order valence-corrected chi connectivity index (χ2v) is 4.23. The molecule has 0 amide bonds. The summed E-state index contributed by atoms with van der Waals surface area (Å²) >= 11 is 5.81. The van der Waals surface area contributed by atoms with Crippen LogP contribution < -0.4 is 11.3 Å². The topological polar surface area (TPSA) is 84.8 Å². The van der Waals surface area contributed by atoms with Gasteiger partial charge in [-0.25, -0.2) is 4.68 Å². The van der Waals surface area contributed by atoms with E-state index in [0.29, 0.717) is 10.7 Å². The van der Waals surface area contributed by atoms with Crippen molar-refractivity contribution in [2.75, 3.05) is 0 Å². The fourth-order valence-electron chi connectivity index (χ4n) is 1.56. The highest BCUT2D eigenvalue weighted by atomic mass is 35.5. The summed E-state index contributed by atoms with van der Waals surface area (Å²) in [5.74, 6) is -0.270. The summed E-state index contributed by atoms with van der Waals surface area (Å²) in [6, 6.07) is 8.56. The number of benzene rings is 1. The maximum atomic E-state index is 11.7. The fourth-order valence-corrected chi connectivity index (χ4v) is 1.69. The lowest BCUT2D eigenvalue weighted by molar-refractivity contribution is 0.710. The van der Waals surface area contributed by atoms with Gasteiger partial charge in [0.05, 0.1) is 11.3 Å². The molecular formula is C12H11ClN4O. The molecule has 18 heavy (non-hydrogen) atoms. The predicted octanol–water partition coefficient (Wildman–Crippen LogP) is 1.38. The maximum Gasteiger partial charge on any atom is 0.277 e. The summed E-state index contributed by atoms with van der Waals surface area (Å²) < 4.78 is 1.17. The predicted molar refractivity (Wildman–Crippen MR) is 70.9 cm³/mol. The quantitative estimate of drug-likeness (QED) is 0.633. The highest BCUT2D eigenvalue weighted by Gasteiger charge is 2.09. The van der Waals surface area contributed by atoms with Crippen LogP contribution in [0.4, 0.5) is 0 Å². The molecule has 6 heteroatoms. The summed E-state index contributed by atoms with van der Waals surface area (Å²) in [5, 5.41) is 12.1. The molecule has 92 valence electrons. The number of nitrogen functional groups attached to an aromatic ring is 1. The third-order valence-electron chi connectivity index (χ3n) is 2.49. The van der Waals surface area contributed by atoms with E-state index in [-0.39, 0.29) is 17.0 Å². The molecule has 1 aromatic carbocycles. The molecule has 0 aliphatic heterocycles. The van der Waals surface area contributed by atoms with Crippen molar-refractivity contribution in [3.05, 3.63) is 51.3 Å². The number of nitrogens with two attached hydrogens (primary N) is 1. The van der Waals surface area contributed by atoms with Gasteiger partial charge in [-0.05, 0) is 18.2 Å². The number of halogens is 1. The molecule has 2 rings (SSSR count). The molecular weight excluding hydrogens is 252 g/mol. The lowest BCUT2D eigenvalue weighted by Gasteiger charge is -2.06. The minimum absolute atomic E-state index is 0.137. The Morgan fingerprint density at radius 2 is 2.00 bits per heavy atom. The van der Waals surface area contributed by atoms with E-state index in [9.17, 15) is 4.79 Å². The second-order valence-electron chi connectivity index (χ2n) is 3.79. The molecule has 1 heterocycles. The van der Waals surface area contributed by atoms with Crippen LogP contribution in [0.3, 0.4) is 0 Å². The molecule has 2 aromatic rings. The van der Waals surface area contributed by atoms with E-state index < -0.39 is 0 Å². The molecule has 3 N–H and O–H groups in total. The summed E-state index contributed by atoms with van der Waals surface area (Å²) in [6.45, 7) is 0. The van der Waals surface area contributed by atoms with E-state index in [2.05, 4.69) is 5.10 Å². The summed E-state index contributed by atoms with van der Waals surface area (Å²) in [6.07, 6.45) is 0. The van der Waals surface area contributed by atoms with Gasteiger partial charge in [-0.2, -0.15) is 5.10 Å². The Morgan fingerprint density at radius 1 is 1.39 bits per heavy atom. The zero-order valence-corrected chi connectivity index (χ0v) is 10.4. The number of hydrogen-bond acceptors (Lipinski definition) is 3. The van der Waals surface area contributed by atoms with Gasteiger partial charge >= 0.3 is 0 Å². The Bertz CT molecular complexity index is 661. The van der Waals surface area contributed by atoms with Crippen LogP contribution in [0.25, 0.3) is 11.3 Å². The van der Waals surface area contributed by atoms with Crippen molar-refractivity contribution in [2.45, 2.75) is 0 Å². The molecule has 0 saturated carbocycles. The average Bonchev–Trinajstić information content (AvgIpc) is 2.33. The molecule has 0 spiro atoms. The largest absolute Gasteiger partial charge is 0.384 e. The van der Waals surface area contributed by atoms with Gasteiger partial charge in [-0.3, -0.25) is 10.2 Å². The van der Waals surface area contributed by atoms with Crippen molar-refractivity contribution >= 4 is 17.4 Å². The van der Waals surface area contributed by atoms with E-state index in [1.165, 1.54) is 17.8 Å². The summed E-state index contributed by atoms with van der Waals surface area (Å²) in [7, 11) is 1.52. The first-order valence-electron chi connectivity index (χ1n) is 5.17. The minimum atomic E-state index is -0.389. The Labute approximate surface area is 108 Å². The SMILES string of the molecule is Cn1nc(-c2ccc(Cl)cc2)cc(C(=N)N)c1=O. The normalized spacial score (nSPS) is 10.3. The Hall–Kier alpha value is -2.14. The number of nitrogens with zero attached hydrogens (tertiary/aromatic N) is 2. The second kappa shape index (κ2) is 4.62. The van der Waals surface area contributed by atoms with E-state index >= 15 is 0 Å². The van der Waals surface area contributed by atoms with Crippen LogP contribution in [-0.4, -0.2) is 15.6 Å². The third kappa shape index (κ3) is 2.26. The monoisotopic (exact) mass is 262 g/mol. The molecule has 0 fully saturated rings. The van der Waals surface area contributed by atoms with Crippen LogP contribution in [0.1, 0.15) is 5.56 Å². The lowest BCUT2D eigenvalue weighted by atomic mass is 10.1. The number of aromatic nitrogens is 2. The van der Waals surface area contributed by atoms with Crippen LogP contribution in [0.2, 0.25) is 5.02 Å². The van der Waals surface area contributed by atoms with Gasteiger partial charge in [0.25, 0.3) is 5.56 Å². The first-order valence-corrected chi connectivity index (χ1v) is 5.55. The highest BCUT2D eigenvalue weighted by Crippen LogP contribution is 2.19. The fraction of sp³-hybridized carbons (Fsp3) is 0.0833. The van der Waals surface area contributed by atoms with Crippen molar-refractivity contribution in [1.29, 1.82) is 5.41 Å². The van der Waals surface area contributed by atoms with Gasteiger partial charge in [-0.1, -0.05) is 23.7 Å². The number of aryl methyl sites for hydroxylation is 1. The minimum Gasteiger partial charge on any atom is -0.384 e. The number of amidine groups is 1.